The van der Waals surface area contributed by atoms with Gasteiger partial charge in [0.05, 0.1) is 0 Å². The Labute approximate surface area is 118 Å². The standard InChI is InChI=1S/C17H28N2/c1-17(2,3)10-11-18-14-15-6-8-16(9-7-15)19-12-4-5-13-19/h6-9,18H,4-5,10-14H2,1-3H3. The minimum Gasteiger partial charge on any atom is -0.372 e. The van der Waals surface area contributed by atoms with Gasteiger partial charge in [-0.2, -0.15) is 0 Å². The van der Waals surface area contributed by atoms with E-state index in [1.54, 1.807) is 0 Å². The Bertz CT molecular complexity index is 369. The van der Waals surface area contributed by atoms with Crippen LogP contribution in [0.15, 0.2) is 24.3 Å². The predicted octanol–water partition coefficient (Wildman–Crippen LogP) is 3.81. The van der Waals surface area contributed by atoms with Gasteiger partial charge in [-0.05, 0) is 48.9 Å². The van der Waals surface area contributed by atoms with Gasteiger partial charge in [0.25, 0.3) is 0 Å². The van der Waals surface area contributed by atoms with Crippen molar-refractivity contribution in [3.8, 4) is 0 Å². The number of nitrogens with zero attached hydrogens (tertiary/aromatic N) is 1. The first-order chi connectivity index (χ1) is 9.04. The second-order valence-corrected chi connectivity index (χ2v) is 6.85. The van der Waals surface area contributed by atoms with Gasteiger partial charge in [0.2, 0.25) is 0 Å². The zero-order valence-electron chi connectivity index (χ0n) is 12.7. The maximum absolute atomic E-state index is 3.53. The molecular weight excluding hydrogens is 232 g/mol. The van der Waals surface area contributed by atoms with Gasteiger partial charge in [0.1, 0.15) is 0 Å². The van der Waals surface area contributed by atoms with Gasteiger partial charge in [-0.15, -0.1) is 0 Å². The first-order valence-electron chi connectivity index (χ1n) is 7.59. The van der Waals surface area contributed by atoms with Crippen molar-refractivity contribution in [1.29, 1.82) is 0 Å². The quantitative estimate of drug-likeness (QED) is 0.810. The Balaban J connectivity index is 1.75. The molecule has 1 aliphatic rings. The van der Waals surface area contributed by atoms with Crippen LogP contribution in [0.3, 0.4) is 0 Å². The first kappa shape index (κ1) is 14.4. The zero-order valence-corrected chi connectivity index (χ0v) is 12.7. The largest absolute Gasteiger partial charge is 0.372 e. The minimum atomic E-state index is 0.423. The van der Waals surface area contributed by atoms with Gasteiger partial charge in [-0.25, -0.2) is 0 Å². The highest BCUT2D eigenvalue weighted by Gasteiger charge is 2.12. The highest BCUT2D eigenvalue weighted by atomic mass is 15.1. The summed E-state index contributed by atoms with van der Waals surface area (Å²) in [4.78, 5) is 2.48. The molecule has 1 aliphatic heterocycles. The summed E-state index contributed by atoms with van der Waals surface area (Å²) in [5.74, 6) is 0. The summed E-state index contributed by atoms with van der Waals surface area (Å²) in [5, 5.41) is 3.53. The molecule has 1 aromatic carbocycles. The summed E-state index contributed by atoms with van der Waals surface area (Å²) in [5.41, 5.74) is 3.19. The number of benzene rings is 1. The molecule has 19 heavy (non-hydrogen) atoms. The number of rotatable bonds is 5. The van der Waals surface area contributed by atoms with Crippen molar-refractivity contribution < 1.29 is 0 Å². The van der Waals surface area contributed by atoms with Gasteiger partial charge in [-0.1, -0.05) is 32.9 Å². The van der Waals surface area contributed by atoms with E-state index in [4.69, 9.17) is 0 Å². The average molecular weight is 260 g/mol. The Morgan fingerprint density at radius 1 is 1.05 bits per heavy atom. The van der Waals surface area contributed by atoms with E-state index >= 15 is 0 Å². The van der Waals surface area contributed by atoms with Crippen molar-refractivity contribution in [3.05, 3.63) is 29.8 Å². The fraction of sp³-hybridized carbons (Fsp3) is 0.647. The zero-order chi connectivity index (χ0) is 13.7. The molecule has 0 aromatic heterocycles. The first-order valence-corrected chi connectivity index (χ1v) is 7.59. The molecule has 0 saturated carbocycles. The number of hydrogen-bond acceptors (Lipinski definition) is 2. The van der Waals surface area contributed by atoms with Gasteiger partial charge in [0, 0.05) is 25.3 Å². The molecule has 2 rings (SSSR count). The summed E-state index contributed by atoms with van der Waals surface area (Å²) >= 11 is 0. The van der Waals surface area contributed by atoms with Crippen molar-refractivity contribution in [3.63, 3.8) is 0 Å². The highest BCUT2D eigenvalue weighted by molar-refractivity contribution is 5.48. The summed E-state index contributed by atoms with van der Waals surface area (Å²) in [6, 6.07) is 9.06. The number of nitrogens with one attached hydrogen (secondary N) is 1. The Kier molecular flexibility index (Phi) is 4.87. The molecule has 0 aliphatic carbocycles. The SMILES string of the molecule is CC(C)(C)CCNCc1ccc(N2CCCC2)cc1. The molecule has 1 N–H and O–H groups in total. The van der Waals surface area contributed by atoms with E-state index in [0.29, 0.717) is 5.41 Å². The molecule has 0 bridgehead atoms. The third kappa shape index (κ3) is 4.87. The van der Waals surface area contributed by atoms with Crippen LogP contribution in [-0.2, 0) is 6.54 Å². The van der Waals surface area contributed by atoms with Crippen molar-refractivity contribution in [2.24, 2.45) is 5.41 Å². The molecule has 2 nitrogen and oxygen atoms in total. The summed E-state index contributed by atoms with van der Waals surface area (Å²) < 4.78 is 0. The molecule has 2 heteroatoms. The van der Waals surface area contributed by atoms with Crippen LogP contribution in [0.1, 0.15) is 45.6 Å². The molecule has 0 unspecified atom stereocenters. The van der Waals surface area contributed by atoms with Crippen LogP contribution in [0.4, 0.5) is 5.69 Å². The topological polar surface area (TPSA) is 15.3 Å². The van der Waals surface area contributed by atoms with Crippen LogP contribution in [0.2, 0.25) is 0 Å². The summed E-state index contributed by atoms with van der Waals surface area (Å²) in [6.45, 7) is 11.4. The number of anilines is 1. The second-order valence-electron chi connectivity index (χ2n) is 6.85. The normalized spacial score (nSPS) is 16.1. The van der Waals surface area contributed by atoms with Crippen molar-refractivity contribution in [2.75, 3.05) is 24.5 Å². The molecule has 0 radical (unpaired) electrons. The number of hydrogen-bond donors (Lipinski definition) is 1. The molecule has 1 saturated heterocycles. The van der Waals surface area contributed by atoms with Gasteiger partial charge in [0.15, 0.2) is 0 Å². The van der Waals surface area contributed by atoms with Crippen molar-refractivity contribution >= 4 is 5.69 Å². The Morgan fingerprint density at radius 3 is 2.26 bits per heavy atom. The molecule has 0 spiro atoms. The van der Waals surface area contributed by atoms with Crippen molar-refractivity contribution in [2.45, 2.75) is 46.6 Å². The average Bonchev–Trinajstić information content (AvgIpc) is 2.88. The van der Waals surface area contributed by atoms with E-state index in [1.807, 2.05) is 0 Å². The minimum absolute atomic E-state index is 0.423. The highest BCUT2D eigenvalue weighted by Crippen LogP contribution is 2.20. The Hall–Kier alpha value is -1.02. The van der Waals surface area contributed by atoms with Gasteiger partial charge >= 0.3 is 0 Å². The lowest BCUT2D eigenvalue weighted by molar-refractivity contribution is 0.366. The van der Waals surface area contributed by atoms with E-state index in [0.717, 1.165) is 13.1 Å². The molecular formula is C17H28N2. The smallest absolute Gasteiger partial charge is 0.0366 e. The van der Waals surface area contributed by atoms with E-state index in [1.165, 1.54) is 43.6 Å². The van der Waals surface area contributed by atoms with Gasteiger partial charge < -0.3 is 10.2 Å². The Morgan fingerprint density at radius 2 is 1.68 bits per heavy atom. The maximum Gasteiger partial charge on any atom is 0.0366 e. The molecule has 0 atom stereocenters. The molecule has 1 aromatic rings. The lowest BCUT2D eigenvalue weighted by Gasteiger charge is -2.19. The summed E-state index contributed by atoms with van der Waals surface area (Å²) in [6.07, 6.45) is 3.91. The van der Waals surface area contributed by atoms with Crippen LogP contribution in [0, 0.1) is 5.41 Å². The van der Waals surface area contributed by atoms with Crippen LogP contribution in [0.25, 0.3) is 0 Å². The third-order valence-corrected chi connectivity index (χ3v) is 3.79. The molecule has 106 valence electrons. The monoisotopic (exact) mass is 260 g/mol. The van der Waals surface area contributed by atoms with Crippen molar-refractivity contribution in [1.82, 2.24) is 5.32 Å². The summed E-state index contributed by atoms with van der Waals surface area (Å²) in [7, 11) is 0. The maximum atomic E-state index is 3.53. The lowest BCUT2D eigenvalue weighted by atomic mass is 9.92. The van der Waals surface area contributed by atoms with E-state index in [9.17, 15) is 0 Å². The predicted molar refractivity (Wildman–Crippen MR) is 83.7 cm³/mol. The van der Waals surface area contributed by atoms with E-state index in [-0.39, 0.29) is 0 Å². The van der Waals surface area contributed by atoms with Gasteiger partial charge in [-0.3, -0.25) is 0 Å². The van der Waals surface area contributed by atoms with E-state index in [2.05, 4.69) is 55.3 Å². The molecule has 1 heterocycles. The van der Waals surface area contributed by atoms with Crippen LogP contribution in [-0.4, -0.2) is 19.6 Å². The lowest BCUT2D eigenvalue weighted by Crippen LogP contribution is -2.20. The van der Waals surface area contributed by atoms with Crippen LogP contribution in [0.5, 0.6) is 0 Å². The van der Waals surface area contributed by atoms with E-state index < -0.39 is 0 Å². The van der Waals surface area contributed by atoms with Crippen LogP contribution >= 0.6 is 0 Å². The molecule has 1 fully saturated rings. The van der Waals surface area contributed by atoms with Crippen LogP contribution < -0.4 is 10.2 Å². The second kappa shape index (κ2) is 6.42. The third-order valence-electron chi connectivity index (χ3n) is 3.79. The fourth-order valence-electron chi connectivity index (χ4n) is 2.50. The fourth-order valence-corrected chi connectivity index (χ4v) is 2.50. The molecule has 0 amide bonds.